The predicted octanol–water partition coefficient (Wildman–Crippen LogP) is 2.21. The Balaban J connectivity index is 2.04. The summed E-state index contributed by atoms with van der Waals surface area (Å²) in [6, 6.07) is 0. The van der Waals surface area contributed by atoms with Crippen molar-refractivity contribution < 1.29 is 0 Å². The lowest BCUT2D eigenvalue weighted by Gasteiger charge is -2.04. The maximum Gasteiger partial charge on any atom is 0.215 e. The van der Waals surface area contributed by atoms with Crippen LogP contribution in [0.1, 0.15) is 31.5 Å². The predicted molar refractivity (Wildman–Crippen MR) is 54.1 cm³/mol. The van der Waals surface area contributed by atoms with Crippen molar-refractivity contribution in [1.82, 2.24) is 14.8 Å². The Labute approximate surface area is 83.2 Å². The Morgan fingerprint density at radius 3 is 2.77 bits per heavy atom. The highest BCUT2D eigenvalue weighted by atomic mass is 32.1. The van der Waals surface area contributed by atoms with Crippen LogP contribution in [0.5, 0.6) is 0 Å². The fraction of sp³-hybridized carbons (Fsp3) is 0.778. The number of hydrogen-bond acceptors (Lipinski definition) is 2. The molecule has 1 aromatic rings. The van der Waals surface area contributed by atoms with Crippen LogP contribution in [0.4, 0.5) is 0 Å². The monoisotopic (exact) mass is 197 g/mol. The number of aryl methyl sites for hydroxylation is 1. The second kappa shape index (κ2) is 3.62. The first kappa shape index (κ1) is 8.94. The van der Waals surface area contributed by atoms with Crippen LogP contribution in [0.2, 0.25) is 0 Å². The third-order valence-electron chi connectivity index (χ3n) is 2.77. The molecule has 2 rings (SSSR count). The first-order valence-corrected chi connectivity index (χ1v) is 5.28. The molecule has 0 saturated heterocycles. The third kappa shape index (κ3) is 1.99. The molecule has 13 heavy (non-hydrogen) atoms. The van der Waals surface area contributed by atoms with Crippen LogP contribution in [0.15, 0.2) is 0 Å². The fourth-order valence-electron chi connectivity index (χ4n) is 2.04. The molecule has 0 radical (unpaired) electrons. The normalized spacial score (nSPS) is 18.2. The topological polar surface area (TPSA) is 33.6 Å². The van der Waals surface area contributed by atoms with Gasteiger partial charge in [0.25, 0.3) is 0 Å². The quantitative estimate of drug-likeness (QED) is 0.737. The average Bonchev–Trinajstić information content (AvgIpc) is 2.64. The zero-order chi connectivity index (χ0) is 9.26. The Hall–Kier alpha value is -0.640. The smallest absolute Gasteiger partial charge is 0.215 e. The van der Waals surface area contributed by atoms with Gasteiger partial charge in [-0.1, -0.05) is 25.7 Å². The van der Waals surface area contributed by atoms with Gasteiger partial charge in [-0.3, -0.25) is 9.78 Å². The highest BCUT2D eigenvalue weighted by molar-refractivity contribution is 7.71. The second-order valence-corrected chi connectivity index (χ2v) is 4.23. The maximum absolute atomic E-state index is 5.04. The number of nitrogens with one attached hydrogen (secondary N) is 1. The Bertz CT molecular complexity index is 333. The summed E-state index contributed by atoms with van der Waals surface area (Å²) in [7, 11) is 1.91. The van der Waals surface area contributed by atoms with Crippen LogP contribution in [0.3, 0.4) is 0 Å². The van der Waals surface area contributed by atoms with Gasteiger partial charge in [0.1, 0.15) is 5.82 Å². The summed E-state index contributed by atoms with van der Waals surface area (Å²) in [6.45, 7) is 0. The molecule has 0 amide bonds. The molecule has 1 aliphatic rings. The summed E-state index contributed by atoms with van der Waals surface area (Å²) in [6.07, 6.45) is 6.56. The van der Waals surface area contributed by atoms with Gasteiger partial charge in [-0.25, -0.2) is 4.98 Å². The van der Waals surface area contributed by atoms with Crippen molar-refractivity contribution in [3.8, 4) is 0 Å². The molecule has 72 valence electrons. The van der Waals surface area contributed by atoms with Crippen molar-refractivity contribution >= 4 is 12.2 Å². The van der Waals surface area contributed by atoms with Crippen molar-refractivity contribution in [2.45, 2.75) is 32.1 Å². The number of H-pyrrole nitrogens is 1. The van der Waals surface area contributed by atoms with Crippen LogP contribution in [-0.4, -0.2) is 14.8 Å². The first-order valence-electron chi connectivity index (χ1n) is 4.87. The molecule has 4 heteroatoms. The van der Waals surface area contributed by atoms with Crippen molar-refractivity contribution in [2.75, 3.05) is 0 Å². The standard InChI is InChI=1S/C9H15N3S/c1-12-9(13)10-8(11-12)6-7-4-2-3-5-7/h7H,2-6H2,1H3,(H,10,11,13). The van der Waals surface area contributed by atoms with Gasteiger partial charge >= 0.3 is 0 Å². The van der Waals surface area contributed by atoms with E-state index in [0.29, 0.717) is 4.77 Å². The Morgan fingerprint density at radius 1 is 1.54 bits per heavy atom. The van der Waals surface area contributed by atoms with E-state index in [-0.39, 0.29) is 0 Å². The van der Waals surface area contributed by atoms with E-state index in [0.717, 1.165) is 18.2 Å². The Morgan fingerprint density at radius 2 is 2.23 bits per heavy atom. The molecule has 0 atom stereocenters. The minimum absolute atomic E-state index is 0.660. The van der Waals surface area contributed by atoms with Crippen molar-refractivity contribution in [3.05, 3.63) is 10.6 Å². The summed E-state index contributed by atoms with van der Waals surface area (Å²) in [5.74, 6) is 1.89. The van der Waals surface area contributed by atoms with E-state index in [1.807, 2.05) is 7.05 Å². The second-order valence-electron chi connectivity index (χ2n) is 3.87. The zero-order valence-electron chi connectivity index (χ0n) is 7.92. The number of aromatic amines is 1. The summed E-state index contributed by atoms with van der Waals surface area (Å²) in [4.78, 5) is 4.30. The largest absolute Gasteiger partial charge is 0.283 e. The molecule has 0 aromatic carbocycles. The van der Waals surface area contributed by atoms with Crippen LogP contribution in [0, 0.1) is 10.7 Å². The highest BCUT2D eigenvalue weighted by Crippen LogP contribution is 2.26. The lowest BCUT2D eigenvalue weighted by molar-refractivity contribution is 0.528. The van der Waals surface area contributed by atoms with E-state index in [4.69, 9.17) is 12.2 Å². The van der Waals surface area contributed by atoms with Crippen LogP contribution >= 0.6 is 12.2 Å². The number of rotatable bonds is 2. The molecule has 1 aliphatic carbocycles. The van der Waals surface area contributed by atoms with Crippen molar-refractivity contribution in [2.24, 2.45) is 13.0 Å². The van der Waals surface area contributed by atoms with Gasteiger partial charge in [0, 0.05) is 13.5 Å². The van der Waals surface area contributed by atoms with Gasteiger partial charge < -0.3 is 0 Å². The minimum atomic E-state index is 0.660. The summed E-state index contributed by atoms with van der Waals surface area (Å²) in [5, 5.41) is 3.17. The molecule has 1 heterocycles. The molecule has 1 fully saturated rings. The summed E-state index contributed by atoms with van der Waals surface area (Å²) >= 11 is 5.04. The van der Waals surface area contributed by atoms with E-state index < -0.39 is 0 Å². The zero-order valence-corrected chi connectivity index (χ0v) is 8.73. The lowest BCUT2D eigenvalue weighted by atomic mass is 10.0. The van der Waals surface area contributed by atoms with Gasteiger partial charge in [-0.2, -0.15) is 0 Å². The molecule has 0 aliphatic heterocycles. The van der Waals surface area contributed by atoms with Gasteiger partial charge in [0.05, 0.1) is 0 Å². The van der Waals surface area contributed by atoms with E-state index in [1.165, 1.54) is 25.7 Å². The molecule has 1 saturated carbocycles. The number of nitrogens with zero attached hydrogens (tertiary/aromatic N) is 2. The molecule has 3 nitrogen and oxygen atoms in total. The van der Waals surface area contributed by atoms with E-state index in [2.05, 4.69) is 10.1 Å². The molecular weight excluding hydrogens is 182 g/mol. The average molecular weight is 197 g/mol. The maximum atomic E-state index is 5.04. The van der Waals surface area contributed by atoms with Gasteiger partial charge in [0.2, 0.25) is 4.77 Å². The van der Waals surface area contributed by atoms with E-state index in [9.17, 15) is 0 Å². The van der Waals surface area contributed by atoms with E-state index >= 15 is 0 Å². The minimum Gasteiger partial charge on any atom is -0.283 e. The number of aromatic nitrogens is 3. The molecule has 0 bridgehead atoms. The van der Waals surface area contributed by atoms with Gasteiger partial charge in [0.15, 0.2) is 0 Å². The van der Waals surface area contributed by atoms with Crippen LogP contribution in [-0.2, 0) is 13.5 Å². The third-order valence-corrected chi connectivity index (χ3v) is 3.14. The lowest BCUT2D eigenvalue weighted by Crippen LogP contribution is -2.01. The molecule has 1 aromatic heterocycles. The van der Waals surface area contributed by atoms with E-state index in [1.54, 1.807) is 4.68 Å². The summed E-state index contributed by atoms with van der Waals surface area (Å²) < 4.78 is 2.47. The van der Waals surface area contributed by atoms with Crippen LogP contribution in [0.25, 0.3) is 0 Å². The van der Waals surface area contributed by atoms with Crippen LogP contribution < -0.4 is 0 Å². The molecular formula is C9H15N3S. The van der Waals surface area contributed by atoms with Crippen molar-refractivity contribution in [3.63, 3.8) is 0 Å². The molecule has 1 N–H and O–H groups in total. The SMILES string of the molecule is Cn1[nH]c(CC2CCCC2)nc1=S. The highest BCUT2D eigenvalue weighted by Gasteiger charge is 2.16. The van der Waals surface area contributed by atoms with Crippen molar-refractivity contribution in [1.29, 1.82) is 0 Å². The Kier molecular flexibility index (Phi) is 2.49. The summed E-state index contributed by atoms with van der Waals surface area (Å²) in [5.41, 5.74) is 0. The fourth-order valence-corrected chi connectivity index (χ4v) is 2.19. The van der Waals surface area contributed by atoms with Gasteiger partial charge in [-0.05, 0) is 18.1 Å². The number of hydrogen-bond donors (Lipinski definition) is 1. The molecule has 0 spiro atoms. The van der Waals surface area contributed by atoms with Gasteiger partial charge in [-0.15, -0.1) is 0 Å². The first-order chi connectivity index (χ1) is 6.25. The molecule has 0 unspecified atom stereocenters.